The number of ether oxygens (including phenoxy) is 1. The third kappa shape index (κ3) is 2.52. The maximum absolute atomic E-state index is 12.7. The average molecular weight is 313 g/mol. The highest BCUT2D eigenvalue weighted by Gasteiger charge is 2.35. The Morgan fingerprint density at radius 3 is 2.45 bits per heavy atom. The molecular weight excluding hydrogens is 298 g/mol. The fourth-order valence-electron chi connectivity index (χ4n) is 2.53. The summed E-state index contributed by atoms with van der Waals surface area (Å²) in [4.78, 5) is 3.55. The van der Waals surface area contributed by atoms with Crippen molar-refractivity contribution < 1.29 is 13.2 Å². The Balaban J connectivity index is 2.04. The lowest BCUT2D eigenvalue weighted by Crippen LogP contribution is -2.11. The first kappa shape index (κ1) is 14.8. The minimum atomic E-state index is -3.73. The molecule has 1 aliphatic heterocycles. The summed E-state index contributed by atoms with van der Waals surface area (Å²) < 4.78 is 30.8. The van der Waals surface area contributed by atoms with Crippen LogP contribution in [0.2, 0.25) is 0 Å². The molecule has 1 unspecified atom stereocenters. The van der Waals surface area contributed by atoms with Crippen LogP contribution in [-0.4, -0.2) is 8.42 Å². The van der Waals surface area contributed by atoms with E-state index in [0.717, 1.165) is 16.7 Å². The number of aryl methyl sites for hydroxylation is 1. The van der Waals surface area contributed by atoms with E-state index < -0.39 is 15.2 Å². The van der Waals surface area contributed by atoms with Crippen LogP contribution in [0.15, 0.2) is 47.4 Å². The van der Waals surface area contributed by atoms with Gasteiger partial charge in [-0.1, -0.05) is 23.8 Å². The summed E-state index contributed by atoms with van der Waals surface area (Å²) in [5, 5.41) is -1.22. The summed E-state index contributed by atoms with van der Waals surface area (Å²) in [6.45, 7) is 10.3. The second-order valence-corrected chi connectivity index (χ2v) is 7.37. The molecule has 0 saturated heterocycles. The molecule has 0 amide bonds. The van der Waals surface area contributed by atoms with Crippen LogP contribution in [0, 0.1) is 13.5 Å². The Labute approximate surface area is 130 Å². The zero-order valence-corrected chi connectivity index (χ0v) is 12.9. The highest BCUT2D eigenvalue weighted by molar-refractivity contribution is 7.91. The van der Waals surface area contributed by atoms with Gasteiger partial charge in [0.1, 0.15) is 0 Å². The molecule has 0 aliphatic carbocycles. The van der Waals surface area contributed by atoms with Gasteiger partial charge in [0.25, 0.3) is 9.84 Å². The number of hydrogen-bond donors (Lipinski definition) is 0. The quantitative estimate of drug-likeness (QED) is 0.816. The molecule has 0 radical (unpaired) electrons. The summed E-state index contributed by atoms with van der Waals surface area (Å²) in [5.41, 5.74) is 3.50. The van der Waals surface area contributed by atoms with Gasteiger partial charge in [0.2, 0.25) is 0 Å². The van der Waals surface area contributed by atoms with E-state index in [1.54, 1.807) is 36.4 Å². The van der Waals surface area contributed by atoms with Crippen molar-refractivity contribution in [3.05, 3.63) is 76.1 Å². The molecule has 112 valence electrons. The predicted octanol–water partition coefficient (Wildman–Crippen LogP) is 3.42. The molecule has 1 heterocycles. The van der Waals surface area contributed by atoms with Crippen LogP contribution >= 0.6 is 0 Å². The molecule has 2 aromatic carbocycles. The standard InChI is InChI=1S/C17H15NO3S/c1-12-3-7-16(8-4-12)22(19,20)17(18-2)13-5-6-14-10-21-11-15(14)9-13/h3-9,17H,10-11H2,1H3. The summed E-state index contributed by atoms with van der Waals surface area (Å²) >= 11 is 0. The van der Waals surface area contributed by atoms with Crippen molar-refractivity contribution in [2.75, 3.05) is 0 Å². The molecular formula is C17H15NO3S. The van der Waals surface area contributed by atoms with Gasteiger partial charge in [0.05, 0.1) is 23.7 Å². The highest BCUT2D eigenvalue weighted by atomic mass is 32.2. The number of hydrogen-bond acceptors (Lipinski definition) is 3. The molecule has 22 heavy (non-hydrogen) atoms. The van der Waals surface area contributed by atoms with Gasteiger partial charge in [-0.3, -0.25) is 4.85 Å². The third-order valence-electron chi connectivity index (χ3n) is 3.79. The van der Waals surface area contributed by atoms with E-state index in [9.17, 15) is 8.42 Å². The summed E-state index contributed by atoms with van der Waals surface area (Å²) in [5.74, 6) is 0. The van der Waals surface area contributed by atoms with Gasteiger partial charge in [-0.2, -0.15) is 0 Å². The maximum Gasteiger partial charge on any atom is 0.350 e. The summed E-state index contributed by atoms with van der Waals surface area (Å²) in [6, 6.07) is 11.9. The van der Waals surface area contributed by atoms with E-state index in [1.807, 2.05) is 13.0 Å². The average Bonchev–Trinajstić information content (AvgIpc) is 2.96. The summed E-state index contributed by atoms with van der Waals surface area (Å²) in [6.07, 6.45) is 0. The second kappa shape index (κ2) is 5.56. The molecule has 0 bridgehead atoms. The van der Waals surface area contributed by atoms with E-state index >= 15 is 0 Å². The predicted molar refractivity (Wildman–Crippen MR) is 82.6 cm³/mol. The van der Waals surface area contributed by atoms with Crippen molar-refractivity contribution in [3.63, 3.8) is 0 Å². The van der Waals surface area contributed by atoms with Crippen LogP contribution in [0.4, 0.5) is 0 Å². The molecule has 4 nitrogen and oxygen atoms in total. The van der Waals surface area contributed by atoms with Gasteiger partial charge < -0.3 is 4.74 Å². The molecule has 0 N–H and O–H groups in total. The van der Waals surface area contributed by atoms with Crippen LogP contribution in [0.3, 0.4) is 0 Å². The first-order valence-corrected chi connectivity index (χ1v) is 8.43. The first-order valence-electron chi connectivity index (χ1n) is 6.89. The largest absolute Gasteiger partial charge is 0.372 e. The Kier molecular flexibility index (Phi) is 3.73. The minimum Gasteiger partial charge on any atom is -0.372 e. The smallest absolute Gasteiger partial charge is 0.350 e. The van der Waals surface area contributed by atoms with Crippen molar-refractivity contribution in [1.82, 2.24) is 0 Å². The molecule has 1 aliphatic rings. The monoisotopic (exact) mass is 313 g/mol. The van der Waals surface area contributed by atoms with Crippen LogP contribution in [0.5, 0.6) is 0 Å². The lowest BCUT2D eigenvalue weighted by atomic mass is 10.1. The van der Waals surface area contributed by atoms with Crippen molar-refractivity contribution >= 4 is 9.84 Å². The number of fused-ring (bicyclic) bond motifs is 1. The first-order chi connectivity index (χ1) is 10.5. The number of benzene rings is 2. The molecule has 0 spiro atoms. The van der Waals surface area contributed by atoms with Crippen LogP contribution in [0.25, 0.3) is 4.85 Å². The topological polar surface area (TPSA) is 47.7 Å². The van der Waals surface area contributed by atoms with Gasteiger partial charge in [0, 0.05) is 0 Å². The van der Waals surface area contributed by atoms with Gasteiger partial charge in [-0.15, -0.1) is 0 Å². The molecule has 3 rings (SSSR count). The summed E-state index contributed by atoms with van der Waals surface area (Å²) in [7, 11) is -3.73. The Morgan fingerprint density at radius 2 is 1.77 bits per heavy atom. The molecule has 2 aromatic rings. The third-order valence-corrected chi connectivity index (χ3v) is 5.69. The van der Waals surface area contributed by atoms with Gasteiger partial charge in [0.15, 0.2) is 0 Å². The highest BCUT2D eigenvalue weighted by Crippen LogP contribution is 2.33. The maximum atomic E-state index is 12.7. The van der Waals surface area contributed by atoms with E-state index in [0.29, 0.717) is 18.8 Å². The zero-order valence-electron chi connectivity index (χ0n) is 12.1. The molecule has 1 atom stereocenters. The number of rotatable bonds is 3. The van der Waals surface area contributed by atoms with Crippen LogP contribution in [0.1, 0.15) is 27.6 Å². The Morgan fingerprint density at radius 1 is 1.09 bits per heavy atom. The van der Waals surface area contributed by atoms with E-state index in [4.69, 9.17) is 11.3 Å². The van der Waals surface area contributed by atoms with Gasteiger partial charge in [-0.25, -0.2) is 15.0 Å². The Bertz CT molecular complexity index is 848. The second-order valence-electron chi connectivity index (χ2n) is 5.36. The lowest BCUT2D eigenvalue weighted by molar-refractivity contribution is 0.134. The number of sulfone groups is 1. The van der Waals surface area contributed by atoms with Crippen LogP contribution in [-0.2, 0) is 27.8 Å². The van der Waals surface area contributed by atoms with Crippen molar-refractivity contribution in [2.45, 2.75) is 30.4 Å². The van der Waals surface area contributed by atoms with Gasteiger partial charge >= 0.3 is 5.37 Å². The molecule has 0 aromatic heterocycles. The van der Waals surface area contributed by atoms with Crippen molar-refractivity contribution in [1.29, 1.82) is 0 Å². The van der Waals surface area contributed by atoms with Crippen LogP contribution < -0.4 is 0 Å². The SMILES string of the molecule is [C-]#[N+]C(c1ccc2c(c1)COC2)S(=O)(=O)c1ccc(C)cc1. The van der Waals surface area contributed by atoms with E-state index in [1.165, 1.54) is 0 Å². The van der Waals surface area contributed by atoms with E-state index in [-0.39, 0.29) is 4.90 Å². The zero-order chi connectivity index (χ0) is 15.7. The van der Waals surface area contributed by atoms with Crippen molar-refractivity contribution in [2.24, 2.45) is 0 Å². The lowest BCUT2D eigenvalue weighted by Gasteiger charge is -2.09. The fraction of sp³-hybridized carbons (Fsp3) is 0.235. The number of nitrogens with zero attached hydrogens (tertiary/aromatic N) is 1. The van der Waals surface area contributed by atoms with Gasteiger partial charge in [-0.05, 0) is 42.3 Å². The molecule has 0 saturated carbocycles. The van der Waals surface area contributed by atoms with Crippen molar-refractivity contribution in [3.8, 4) is 0 Å². The Hall–Kier alpha value is -2.16. The minimum absolute atomic E-state index is 0.177. The van der Waals surface area contributed by atoms with E-state index in [2.05, 4.69) is 4.85 Å². The molecule has 0 fully saturated rings. The fourth-order valence-corrected chi connectivity index (χ4v) is 3.94. The normalized spacial score (nSPS) is 15.1. The molecule has 5 heteroatoms.